The third kappa shape index (κ3) is 8.74. The summed E-state index contributed by atoms with van der Waals surface area (Å²) in [5.41, 5.74) is 0. The summed E-state index contributed by atoms with van der Waals surface area (Å²) in [4.78, 5) is 0. The van der Waals surface area contributed by atoms with Gasteiger partial charge in [-0.3, -0.25) is 0 Å². The van der Waals surface area contributed by atoms with Crippen LogP contribution >= 0.6 is 15.8 Å². The van der Waals surface area contributed by atoms with Gasteiger partial charge in [-0.25, -0.2) is 0 Å². The zero-order chi connectivity index (χ0) is 21.8. The molecule has 1 aliphatic rings. The predicted octanol–water partition coefficient (Wildman–Crippen LogP) is 5.96. The molecule has 0 atom stereocenters. The Labute approximate surface area is 228 Å². The molecule has 0 unspecified atom stereocenters. The van der Waals surface area contributed by atoms with E-state index in [0.29, 0.717) is 0 Å². The van der Waals surface area contributed by atoms with Gasteiger partial charge >= 0.3 is 19.5 Å². The van der Waals surface area contributed by atoms with Crippen molar-refractivity contribution in [2.45, 2.75) is 0 Å². The van der Waals surface area contributed by atoms with E-state index in [1.54, 1.807) is 0 Å². The number of thiol groups is 1. The Morgan fingerprint density at radius 1 is 0.353 bits per heavy atom. The summed E-state index contributed by atoms with van der Waals surface area (Å²) in [5, 5.41) is 5.83. The van der Waals surface area contributed by atoms with Crippen LogP contribution in [0.3, 0.4) is 0 Å². The molecular formula is C30H28P2RuS+. The molecule has 171 valence electrons. The average molecular weight is 584 g/mol. The van der Waals surface area contributed by atoms with Crippen LogP contribution in [0.5, 0.6) is 0 Å². The maximum Gasteiger partial charge on any atom is 2.00 e. The Balaban J connectivity index is 0.000000520. The molecule has 4 aromatic carbocycles. The second-order valence-electron chi connectivity index (χ2n) is 7.30. The molecular weight excluding hydrogens is 555 g/mol. The zero-order valence-electron chi connectivity index (χ0n) is 18.8. The molecule has 0 amide bonds. The van der Waals surface area contributed by atoms with E-state index in [0.717, 1.165) is 0 Å². The fraction of sp³-hybridized carbons (Fsp3) is 0.0333. The zero-order valence-corrected chi connectivity index (χ0v) is 23.3. The van der Waals surface area contributed by atoms with Crippen molar-refractivity contribution in [3.05, 3.63) is 153 Å². The minimum atomic E-state index is -0.409. The molecule has 5 radical (unpaired) electrons. The topological polar surface area (TPSA) is 0 Å². The molecule has 5 rings (SSSR count). The quantitative estimate of drug-likeness (QED) is 0.117. The molecule has 1 saturated carbocycles. The minimum absolute atomic E-state index is 0. The van der Waals surface area contributed by atoms with Crippen molar-refractivity contribution < 1.29 is 19.5 Å². The van der Waals surface area contributed by atoms with Gasteiger partial charge in [0, 0.05) is 5.90 Å². The Morgan fingerprint density at radius 2 is 0.559 bits per heavy atom. The number of rotatable bonds is 6. The normalized spacial score (nSPS) is 12.3. The maximum absolute atomic E-state index is 2.29. The van der Waals surface area contributed by atoms with E-state index >= 15 is 0 Å². The molecule has 34 heavy (non-hydrogen) atoms. The summed E-state index contributed by atoms with van der Waals surface area (Å²) in [7, 11) is -0.817. The minimum Gasteiger partial charge on any atom is -0.813 e. The fourth-order valence-corrected chi connectivity index (χ4v) is 9.99. The summed E-state index contributed by atoms with van der Waals surface area (Å²) in [6.45, 7) is 0. The molecule has 0 nitrogen and oxygen atoms in total. The molecule has 1 fully saturated rings. The second-order valence-corrected chi connectivity index (χ2v) is 12.2. The van der Waals surface area contributed by atoms with Gasteiger partial charge in [-0.2, -0.15) is 0 Å². The van der Waals surface area contributed by atoms with E-state index in [4.69, 9.17) is 0 Å². The summed E-state index contributed by atoms with van der Waals surface area (Å²) in [6.07, 6.45) is 10.0. The Morgan fingerprint density at radius 3 is 0.765 bits per heavy atom. The molecule has 4 heteroatoms. The third-order valence-electron chi connectivity index (χ3n) is 5.11. The molecule has 0 bridgehead atoms. The van der Waals surface area contributed by atoms with E-state index < -0.39 is 15.8 Å². The van der Waals surface area contributed by atoms with Gasteiger partial charge in [-0.05, 0) is 69.2 Å². The monoisotopic (exact) mass is 584 g/mol. The van der Waals surface area contributed by atoms with E-state index in [2.05, 4.69) is 121 Å². The molecule has 0 saturated heterocycles. The molecule has 1 aliphatic carbocycles. The van der Waals surface area contributed by atoms with Crippen molar-refractivity contribution in [3.8, 4) is 0 Å². The van der Waals surface area contributed by atoms with Gasteiger partial charge in [-0.1, -0.05) is 121 Å². The molecule has 0 N–H and O–H groups in total. The standard InChI is InChI=1S/C25H22P2.C5H5.Ru.H2S/c1-5-13-22(14-6-1)26(23-15-7-2-8-16-23)21-27(24-17-9-3-10-18-24)25-19-11-4-12-20-25;1-2-4-5-3-1;;/h1-20H,21H2;1-5H;;1H2/q;;+2;/p-1. The number of benzene rings is 4. The number of hydrogen-bond acceptors (Lipinski definition) is 1. The van der Waals surface area contributed by atoms with Crippen LogP contribution in [0.15, 0.2) is 121 Å². The first-order valence-electron chi connectivity index (χ1n) is 10.8. The number of hydrogen-bond donors (Lipinski definition) is 0. The van der Waals surface area contributed by atoms with Crippen LogP contribution in [0.4, 0.5) is 0 Å². The van der Waals surface area contributed by atoms with Gasteiger partial charge in [0.1, 0.15) is 0 Å². The SMILES string of the molecule is [CH]1[CH][CH][CH][CH]1.[Ru+2].[SH-].c1ccc(P(CP(c2ccccc2)c2ccccc2)c2ccccc2)cc1. The van der Waals surface area contributed by atoms with Crippen LogP contribution in [0.2, 0.25) is 0 Å². The van der Waals surface area contributed by atoms with Crippen LogP contribution < -0.4 is 21.2 Å². The van der Waals surface area contributed by atoms with Gasteiger partial charge in [0.05, 0.1) is 0 Å². The fourth-order valence-electron chi connectivity index (χ4n) is 3.52. The summed E-state index contributed by atoms with van der Waals surface area (Å²) >= 11 is 0. The first-order valence-corrected chi connectivity index (χ1v) is 13.9. The molecule has 0 aliphatic heterocycles. The molecule has 0 aromatic heterocycles. The molecule has 4 aromatic rings. The van der Waals surface area contributed by atoms with Gasteiger partial charge in [0.2, 0.25) is 0 Å². The Bertz CT molecular complexity index is 859. The average Bonchev–Trinajstić information content (AvgIpc) is 3.47. The van der Waals surface area contributed by atoms with E-state index in [9.17, 15) is 0 Å². The van der Waals surface area contributed by atoms with E-state index in [1.165, 1.54) is 27.1 Å². The molecule has 0 heterocycles. The smallest absolute Gasteiger partial charge is 0.813 e. The van der Waals surface area contributed by atoms with Crippen LogP contribution in [-0.4, -0.2) is 5.90 Å². The van der Waals surface area contributed by atoms with Gasteiger partial charge in [-0.15, -0.1) is 0 Å². The first kappa shape index (κ1) is 28.9. The Hall–Kier alpha value is -1.29. The van der Waals surface area contributed by atoms with E-state index in [-0.39, 0.29) is 33.0 Å². The van der Waals surface area contributed by atoms with Gasteiger partial charge in [0.25, 0.3) is 0 Å². The van der Waals surface area contributed by atoms with Crippen LogP contribution in [0.1, 0.15) is 0 Å². The van der Waals surface area contributed by atoms with Crippen molar-refractivity contribution in [1.82, 2.24) is 0 Å². The van der Waals surface area contributed by atoms with Gasteiger partial charge < -0.3 is 13.5 Å². The Kier molecular flexibility index (Phi) is 14.0. The van der Waals surface area contributed by atoms with Crippen molar-refractivity contribution in [1.29, 1.82) is 0 Å². The third-order valence-corrected chi connectivity index (χ3v) is 11.1. The summed E-state index contributed by atoms with van der Waals surface area (Å²) in [5.74, 6) is 1.17. The summed E-state index contributed by atoms with van der Waals surface area (Å²) < 4.78 is 0. The summed E-state index contributed by atoms with van der Waals surface area (Å²) in [6, 6.07) is 44.1. The van der Waals surface area contributed by atoms with Crippen molar-refractivity contribution in [3.63, 3.8) is 0 Å². The van der Waals surface area contributed by atoms with Crippen LogP contribution in [0, 0.1) is 32.1 Å². The van der Waals surface area contributed by atoms with Crippen molar-refractivity contribution in [2.24, 2.45) is 0 Å². The molecule has 0 spiro atoms. The predicted molar refractivity (Wildman–Crippen MR) is 153 cm³/mol. The van der Waals surface area contributed by atoms with Gasteiger partial charge in [0.15, 0.2) is 0 Å². The maximum atomic E-state index is 2.29. The largest absolute Gasteiger partial charge is 2.00 e. The van der Waals surface area contributed by atoms with Crippen molar-refractivity contribution in [2.75, 3.05) is 5.90 Å². The first-order chi connectivity index (χ1) is 15.9. The van der Waals surface area contributed by atoms with Crippen molar-refractivity contribution >= 4 is 50.6 Å². The van der Waals surface area contributed by atoms with Crippen LogP contribution in [-0.2, 0) is 33.0 Å². The van der Waals surface area contributed by atoms with Crippen LogP contribution in [0.25, 0.3) is 0 Å². The second kappa shape index (κ2) is 16.4. The van der Waals surface area contributed by atoms with E-state index in [1.807, 2.05) is 32.1 Å².